The summed E-state index contributed by atoms with van der Waals surface area (Å²) in [6.45, 7) is 6.28. The number of hydrogen-bond acceptors (Lipinski definition) is 4. The summed E-state index contributed by atoms with van der Waals surface area (Å²) in [5.74, 6) is 0.897. The summed E-state index contributed by atoms with van der Waals surface area (Å²) >= 11 is 1.76. The molecule has 1 aliphatic rings. The fourth-order valence-electron chi connectivity index (χ4n) is 2.90. The van der Waals surface area contributed by atoms with Gasteiger partial charge < -0.3 is 16.0 Å². The Labute approximate surface area is 154 Å². The lowest BCUT2D eigenvalue weighted by atomic mass is 10.2. The van der Waals surface area contributed by atoms with E-state index in [4.69, 9.17) is 0 Å². The maximum Gasteiger partial charge on any atom is 0.221 e. The third-order valence-corrected chi connectivity index (χ3v) is 5.46. The highest BCUT2D eigenvalue weighted by Crippen LogP contribution is 2.17. The number of aliphatic imine (C=N–C) groups is 1. The molecule has 0 spiro atoms. The van der Waals surface area contributed by atoms with Crippen LogP contribution in [0.15, 0.2) is 11.2 Å². The number of nitrogens with zero attached hydrogens (tertiary/aromatic N) is 2. The third kappa shape index (κ3) is 7.42. The molecule has 1 heterocycles. The predicted octanol–water partition coefficient (Wildman–Crippen LogP) is 2.25. The summed E-state index contributed by atoms with van der Waals surface area (Å²) in [5.41, 5.74) is 0. The second-order valence-corrected chi connectivity index (χ2v) is 7.51. The van der Waals surface area contributed by atoms with Crippen molar-refractivity contribution in [1.29, 1.82) is 0 Å². The summed E-state index contributed by atoms with van der Waals surface area (Å²) in [4.78, 5) is 22.3. The number of carbonyl (C=O) groups is 1. The predicted molar refractivity (Wildman–Crippen MR) is 104 cm³/mol. The molecule has 0 bridgehead atoms. The van der Waals surface area contributed by atoms with Gasteiger partial charge in [-0.05, 0) is 26.2 Å². The first-order chi connectivity index (χ1) is 12.2. The lowest BCUT2D eigenvalue weighted by Crippen LogP contribution is -2.40. The van der Waals surface area contributed by atoms with E-state index in [1.807, 2.05) is 13.1 Å². The number of amides is 1. The third-order valence-electron chi connectivity index (χ3n) is 4.25. The zero-order valence-corrected chi connectivity index (χ0v) is 16.3. The first kappa shape index (κ1) is 19.7. The molecule has 0 radical (unpaired) electrons. The number of aromatic nitrogens is 1. The van der Waals surface area contributed by atoms with Crippen molar-refractivity contribution in [3.8, 4) is 0 Å². The van der Waals surface area contributed by atoms with Gasteiger partial charge in [-0.1, -0.05) is 19.8 Å². The Kier molecular flexibility index (Phi) is 8.72. The van der Waals surface area contributed by atoms with Gasteiger partial charge in [0.15, 0.2) is 5.96 Å². The van der Waals surface area contributed by atoms with Crippen LogP contribution in [0, 0.1) is 0 Å². The van der Waals surface area contributed by atoms with E-state index < -0.39 is 0 Å². The van der Waals surface area contributed by atoms with Crippen LogP contribution in [0.5, 0.6) is 0 Å². The summed E-state index contributed by atoms with van der Waals surface area (Å²) in [6.07, 6.45) is 9.04. The van der Waals surface area contributed by atoms with E-state index in [1.54, 1.807) is 11.3 Å². The Balaban J connectivity index is 1.68. The van der Waals surface area contributed by atoms with Gasteiger partial charge in [-0.25, -0.2) is 4.98 Å². The first-order valence-electron chi connectivity index (χ1n) is 9.46. The van der Waals surface area contributed by atoms with Crippen molar-refractivity contribution >= 4 is 23.2 Å². The second kappa shape index (κ2) is 11.1. The van der Waals surface area contributed by atoms with Crippen LogP contribution in [0.1, 0.15) is 55.8 Å². The van der Waals surface area contributed by atoms with Gasteiger partial charge in [0.05, 0.1) is 5.01 Å². The van der Waals surface area contributed by atoms with Gasteiger partial charge in [0.2, 0.25) is 5.91 Å². The average molecular weight is 366 g/mol. The van der Waals surface area contributed by atoms with E-state index in [0.29, 0.717) is 25.6 Å². The Morgan fingerprint density at radius 1 is 1.32 bits per heavy atom. The molecule has 1 aliphatic carbocycles. The zero-order valence-electron chi connectivity index (χ0n) is 15.4. The number of aryl methyl sites for hydroxylation is 1. The minimum atomic E-state index is 0.130. The Bertz CT molecular complexity index is 551. The van der Waals surface area contributed by atoms with Crippen LogP contribution < -0.4 is 16.0 Å². The second-order valence-electron chi connectivity index (χ2n) is 6.31. The molecule has 0 atom stereocenters. The van der Waals surface area contributed by atoms with Gasteiger partial charge >= 0.3 is 0 Å². The molecule has 2 rings (SSSR count). The Hall–Kier alpha value is -1.63. The summed E-state index contributed by atoms with van der Waals surface area (Å²) in [5, 5.41) is 10.7. The molecule has 3 N–H and O–H groups in total. The number of thiazole rings is 1. The molecule has 1 aromatic rings. The van der Waals surface area contributed by atoms with Crippen LogP contribution in [0.25, 0.3) is 0 Å². The normalized spacial score (nSPS) is 15.4. The molecule has 6 nitrogen and oxygen atoms in total. The summed E-state index contributed by atoms with van der Waals surface area (Å²) in [7, 11) is 0. The van der Waals surface area contributed by atoms with Crippen molar-refractivity contribution in [1.82, 2.24) is 20.9 Å². The molecule has 0 saturated heterocycles. The standard InChI is InChI=1S/C18H31N5OS/c1-3-15-13-22-17(25-15)10-12-21-18(19-4-2)20-11-9-16(24)23-14-7-5-6-8-14/h13-14H,3-12H2,1-2H3,(H,23,24)(H2,19,20,21). The molecule has 1 fully saturated rings. The number of guanidine groups is 1. The maximum absolute atomic E-state index is 11.9. The van der Waals surface area contributed by atoms with Crippen LogP contribution in [0.4, 0.5) is 0 Å². The minimum Gasteiger partial charge on any atom is -0.357 e. The number of carbonyl (C=O) groups excluding carboxylic acids is 1. The van der Waals surface area contributed by atoms with E-state index in [2.05, 4.69) is 32.9 Å². The van der Waals surface area contributed by atoms with E-state index in [-0.39, 0.29) is 5.91 Å². The van der Waals surface area contributed by atoms with Crippen molar-refractivity contribution in [2.45, 2.75) is 64.8 Å². The van der Waals surface area contributed by atoms with Crippen molar-refractivity contribution in [2.24, 2.45) is 4.99 Å². The maximum atomic E-state index is 11.9. The lowest BCUT2D eigenvalue weighted by molar-refractivity contribution is -0.121. The van der Waals surface area contributed by atoms with Crippen LogP contribution in [-0.4, -0.2) is 42.5 Å². The van der Waals surface area contributed by atoms with Crippen molar-refractivity contribution in [3.05, 3.63) is 16.1 Å². The van der Waals surface area contributed by atoms with Gasteiger partial charge in [0, 0.05) is 49.6 Å². The van der Waals surface area contributed by atoms with Crippen LogP contribution in [0.3, 0.4) is 0 Å². The molecular formula is C18H31N5OS. The Morgan fingerprint density at radius 3 is 2.80 bits per heavy atom. The van der Waals surface area contributed by atoms with Crippen LogP contribution in [0.2, 0.25) is 0 Å². The summed E-state index contributed by atoms with van der Waals surface area (Å²) in [6, 6.07) is 0.390. The monoisotopic (exact) mass is 365 g/mol. The van der Waals surface area contributed by atoms with E-state index in [9.17, 15) is 4.79 Å². The van der Waals surface area contributed by atoms with Gasteiger partial charge in [-0.2, -0.15) is 0 Å². The van der Waals surface area contributed by atoms with E-state index in [0.717, 1.165) is 43.2 Å². The van der Waals surface area contributed by atoms with Crippen LogP contribution >= 0.6 is 11.3 Å². The fraction of sp³-hybridized carbons (Fsp3) is 0.722. The van der Waals surface area contributed by atoms with Gasteiger partial charge in [0.25, 0.3) is 0 Å². The fourth-order valence-corrected chi connectivity index (χ4v) is 3.75. The highest BCUT2D eigenvalue weighted by Gasteiger charge is 2.16. The van der Waals surface area contributed by atoms with Gasteiger partial charge in [-0.15, -0.1) is 11.3 Å². The van der Waals surface area contributed by atoms with E-state index in [1.165, 1.54) is 17.7 Å². The summed E-state index contributed by atoms with van der Waals surface area (Å²) < 4.78 is 0. The highest BCUT2D eigenvalue weighted by atomic mass is 32.1. The molecule has 140 valence electrons. The van der Waals surface area contributed by atoms with Crippen molar-refractivity contribution in [2.75, 3.05) is 19.6 Å². The van der Waals surface area contributed by atoms with Crippen molar-refractivity contribution in [3.63, 3.8) is 0 Å². The molecule has 1 aromatic heterocycles. The van der Waals surface area contributed by atoms with Gasteiger partial charge in [-0.3, -0.25) is 9.79 Å². The number of rotatable bonds is 9. The minimum absolute atomic E-state index is 0.130. The van der Waals surface area contributed by atoms with E-state index >= 15 is 0 Å². The molecule has 1 saturated carbocycles. The lowest BCUT2D eigenvalue weighted by Gasteiger charge is -2.13. The average Bonchev–Trinajstić information content (AvgIpc) is 3.26. The largest absolute Gasteiger partial charge is 0.357 e. The zero-order chi connectivity index (χ0) is 17.9. The SMILES string of the molecule is CCNC(=NCCc1ncc(CC)s1)NCCC(=O)NC1CCCC1. The van der Waals surface area contributed by atoms with Crippen LogP contribution in [-0.2, 0) is 17.6 Å². The smallest absolute Gasteiger partial charge is 0.221 e. The first-order valence-corrected chi connectivity index (χ1v) is 10.3. The number of hydrogen-bond donors (Lipinski definition) is 3. The highest BCUT2D eigenvalue weighted by molar-refractivity contribution is 7.11. The quantitative estimate of drug-likeness (QED) is 0.463. The Morgan fingerprint density at radius 2 is 2.12 bits per heavy atom. The molecule has 0 unspecified atom stereocenters. The topological polar surface area (TPSA) is 78.4 Å². The van der Waals surface area contributed by atoms with Crippen molar-refractivity contribution < 1.29 is 4.79 Å². The molecular weight excluding hydrogens is 334 g/mol. The molecule has 25 heavy (non-hydrogen) atoms. The molecule has 1 amide bonds. The molecule has 0 aromatic carbocycles. The molecule has 0 aliphatic heterocycles. The molecule has 7 heteroatoms. The number of nitrogens with one attached hydrogen (secondary N) is 3. The van der Waals surface area contributed by atoms with Gasteiger partial charge in [0.1, 0.15) is 0 Å².